The third-order valence-electron chi connectivity index (χ3n) is 6.53. The van der Waals surface area contributed by atoms with Gasteiger partial charge in [0.2, 0.25) is 0 Å². The van der Waals surface area contributed by atoms with E-state index in [1.165, 1.54) is 12.0 Å². The number of hydrogen-bond acceptors (Lipinski definition) is 3. The van der Waals surface area contributed by atoms with Gasteiger partial charge >= 0.3 is 0 Å². The minimum Gasteiger partial charge on any atom is -0.370 e. The predicted molar refractivity (Wildman–Crippen MR) is 120 cm³/mol. The highest BCUT2D eigenvalue weighted by Crippen LogP contribution is 2.38. The van der Waals surface area contributed by atoms with Crippen molar-refractivity contribution in [3.63, 3.8) is 0 Å². The fourth-order valence-corrected chi connectivity index (χ4v) is 5.05. The van der Waals surface area contributed by atoms with E-state index in [-0.39, 0.29) is 17.9 Å². The van der Waals surface area contributed by atoms with Crippen LogP contribution in [0.3, 0.4) is 0 Å². The summed E-state index contributed by atoms with van der Waals surface area (Å²) in [4.78, 5) is 30.5. The van der Waals surface area contributed by atoms with Crippen molar-refractivity contribution in [1.29, 1.82) is 0 Å². The summed E-state index contributed by atoms with van der Waals surface area (Å²) in [6, 6.07) is 20.1. The van der Waals surface area contributed by atoms with Crippen molar-refractivity contribution in [3.8, 4) is 0 Å². The molecule has 0 atom stereocenters. The molecule has 1 saturated carbocycles. The Balaban J connectivity index is 1.57. The van der Waals surface area contributed by atoms with E-state index in [0.29, 0.717) is 11.1 Å². The Morgan fingerprint density at radius 2 is 1.53 bits per heavy atom. The molecule has 0 bridgehead atoms. The van der Waals surface area contributed by atoms with Crippen LogP contribution in [-0.2, 0) is 6.54 Å². The number of benzene rings is 3. The maximum absolute atomic E-state index is 13.4. The molecule has 1 aliphatic heterocycles. The molecule has 0 saturated heterocycles. The molecule has 5 rings (SSSR count). The average Bonchev–Trinajstić information content (AvgIpc) is 2.78. The highest BCUT2D eigenvalue weighted by atomic mass is 16.2. The highest BCUT2D eigenvalue weighted by Gasteiger charge is 2.38. The zero-order valence-electron chi connectivity index (χ0n) is 17.3. The largest absolute Gasteiger partial charge is 0.370 e. The molecule has 4 heteroatoms. The summed E-state index contributed by atoms with van der Waals surface area (Å²) in [7, 11) is 2.05. The van der Waals surface area contributed by atoms with Crippen LogP contribution in [0.4, 0.5) is 5.69 Å². The molecule has 0 radical (unpaired) electrons. The Bertz CT molecular complexity index is 1090. The van der Waals surface area contributed by atoms with Crippen LogP contribution in [0.1, 0.15) is 58.4 Å². The lowest BCUT2D eigenvalue weighted by molar-refractivity contribution is 0.0503. The van der Waals surface area contributed by atoms with Crippen LogP contribution in [0.2, 0.25) is 0 Å². The van der Waals surface area contributed by atoms with E-state index in [1.807, 2.05) is 48.5 Å². The number of imide groups is 1. The molecule has 3 aromatic carbocycles. The SMILES string of the molecule is CN(Cc1ccccc1)c1ccc2c3c(cccc13)C(=O)N(C1CCCCC1)C2=O. The van der Waals surface area contributed by atoms with Crippen LogP contribution in [0.25, 0.3) is 10.8 Å². The Morgan fingerprint density at radius 3 is 2.27 bits per heavy atom. The van der Waals surface area contributed by atoms with Crippen molar-refractivity contribution in [2.45, 2.75) is 44.7 Å². The van der Waals surface area contributed by atoms with Crippen LogP contribution in [0.15, 0.2) is 60.7 Å². The van der Waals surface area contributed by atoms with Gasteiger partial charge in [0.15, 0.2) is 0 Å². The minimum absolute atomic E-state index is 0.0302. The lowest BCUT2D eigenvalue weighted by Gasteiger charge is -2.36. The molecule has 2 aliphatic rings. The first-order valence-electron chi connectivity index (χ1n) is 10.8. The van der Waals surface area contributed by atoms with Gasteiger partial charge in [0.05, 0.1) is 0 Å². The minimum atomic E-state index is -0.132. The smallest absolute Gasteiger partial charge is 0.261 e. The lowest BCUT2D eigenvalue weighted by Crippen LogP contribution is -2.47. The Kier molecular flexibility index (Phi) is 4.78. The molecule has 30 heavy (non-hydrogen) atoms. The second-order valence-electron chi connectivity index (χ2n) is 8.47. The molecule has 0 spiro atoms. The number of carbonyl (C=O) groups excluding carboxylic acids is 2. The summed E-state index contributed by atoms with van der Waals surface area (Å²) >= 11 is 0. The summed E-state index contributed by atoms with van der Waals surface area (Å²) in [5.74, 6) is -0.263. The van der Waals surface area contributed by atoms with Crippen molar-refractivity contribution >= 4 is 28.3 Å². The third kappa shape index (κ3) is 3.07. The molecule has 0 aromatic heterocycles. The van der Waals surface area contributed by atoms with Crippen molar-refractivity contribution in [2.24, 2.45) is 0 Å². The molecule has 1 fully saturated rings. The molecule has 0 unspecified atom stereocenters. The summed E-state index contributed by atoms with van der Waals surface area (Å²) in [5, 5.41) is 1.77. The van der Waals surface area contributed by atoms with Gasteiger partial charge in [-0.15, -0.1) is 0 Å². The fourth-order valence-electron chi connectivity index (χ4n) is 5.05. The van der Waals surface area contributed by atoms with Gasteiger partial charge in [-0.2, -0.15) is 0 Å². The average molecular weight is 399 g/mol. The fraction of sp³-hybridized carbons (Fsp3) is 0.308. The molecular formula is C26H26N2O2. The summed E-state index contributed by atoms with van der Waals surface area (Å²) in [6.07, 6.45) is 5.20. The molecule has 3 aromatic rings. The van der Waals surface area contributed by atoms with E-state index in [4.69, 9.17) is 0 Å². The number of amides is 2. The van der Waals surface area contributed by atoms with Gasteiger partial charge in [-0.3, -0.25) is 14.5 Å². The molecule has 0 N–H and O–H groups in total. The number of anilines is 1. The third-order valence-corrected chi connectivity index (χ3v) is 6.53. The van der Waals surface area contributed by atoms with Gasteiger partial charge in [0.25, 0.3) is 11.8 Å². The highest BCUT2D eigenvalue weighted by molar-refractivity contribution is 6.27. The van der Waals surface area contributed by atoms with E-state index in [1.54, 1.807) is 4.90 Å². The molecule has 1 aliphatic carbocycles. The van der Waals surface area contributed by atoms with Crippen LogP contribution in [0, 0.1) is 0 Å². The van der Waals surface area contributed by atoms with E-state index < -0.39 is 0 Å². The zero-order valence-corrected chi connectivity index (χ0v) is 17.3. The lowest BCUT2D eigenvalue weighted by atomic mass is 9.88. The maximum atomic E-state index is 13.4. The molecule has 2 amide bonds. The quantitative estimate of drug-likeness (QED) is 0.552. The summed E-state index contributed by atoms with van der Waals surface area (Å²) < 4.78 is 0. The number of nitrogens with zero attached hydrogens (tertiary/aromatic N) is 2. The molecule has 4 nitrogen and oxygen atoms in total. The monoisotopic (exact) mass is 398 g/mol. The summed E-state index contributed by atoms with van der Waals surface area (Å²) in [5.41, 5.74) is 3.56. The van der Waals surface area contributed by atoms with Gasteiger partial charge in [-0.05, 0) is 36.6 Å². The number of hydrogen-bond donors (Lipinski definition) is 0. The second-order valence-corrected chi connectivity index (χ2v) is 8.47. The predicted octanol–water partition coefficient (Wildman–Crippen LogP) is 5.40. The molecule has 152 valence electrons. The van der Waals surface area contributed by atoms with Gasteiger partial charge in [-0.25, -0.2) is 0 Å². The Hall–Kier alpha value is -3.14. The number of rotatable bonds is 4. The molecule has 1 heterocycles. The van der Waals surface area contributed by atoms with Crippen molar-refractivity contribution in [3.05, 3.63) is 77.4 Å². The van der Waals surface area contributed by atoms with Gasteiger partial charge in [0, 0.05) is 47.2 Å². The van der Waals surface area contributed by atoms with Crippen LogP contribution >= 0.6 is 0 Å². The van der Waals surface area contributed by atoms with Crippen molar-refractivity contribution in [1.82, 2.24) is 4.90 Å². The standard InChI is InChI=1S/C26H26N2O2/c1-27(17-18-9-4-2-5-10-18)23-16-15-22-24-20(23)13-8-14-21(24)25(29)28(26(22)30)19-11-6-3-7-12-19/h2,4-5,8-10,13-16,19H,3,6-7,11-12,17H2,1H3. The van der Waals surface area contributed by atoms with E-state index in [0.717, 1.165) is 48.7 Å². The topological polar surface area (TPSA) is 40.6 Å². The van der Waals surface area contributed by atoms with Gasteiger partial charge < -0.3 is 4.90 Å². The molecular weight excluding hydrogens is 372 g/mol. The van der Waals surface area contributed by atoms with Crippen LogP contribution in [-0.4, -0.2) is 29.8 Å². The van der Waals surface area contributed by atoms with E-state index >= 15 is 0 Å². The number of carbonyl (C=O) groups is 2. The van der Waals surface area contributed by atoms with Crippen molar-refractivity contribution in [2.75, 3.05) is 11.9 Å². The van der Waals surface area contributed by atoms with Crippen molar-refractivity contribution < 1.29 is 9.59 Å². The first kappa shape index (κ1) is 18.9. The second kappa shape index (κ2) is 7.60. The Morgan fingerprint density at radius 1 is 0.833 bits per heavy atom. The normalized spacial score (nSPS) is 16.9. The first-order chi connectivity index (χ1) is 14.6. The van der Waals surface area contributed by atoms with E-state index in [2.05, 4.69) is 24.1 Å². The van der Waals surface area contributed by atoms with E-state index in [9.17, 15) is 9.59 Å². The van der Waals surface area contributed by atoms with Crippen LogP contribution < -0.4 is 4.90 Å². The summed E-state index contributed by atoms with van der Waals surface area (Å²) in [6.45, 7) is 0.760. The van der Waals surface area contributed by atoms with Gasteiger partial charge in [0.1, 0.15) is 0 Å². The Labute approximate surface area is 177 Å². The maximum Gasteiger partial charge on any atom is 0.261 e. The zero-order chi connectivity index (χ0) is 20.7. The van der Waals surface area contributed by atoms with Gasteiger partial charge in [-0.1, -0.05) is 61.7 Å². The van der Waals surface area contributed by atoms with Crippen LogP contribution in [0.5, 0.6) is 0 Å². The first-order valence-corrected chi connectivity index (χ1v) is 10.8.